The highest BCUT2D eigenvalue weighted by atomic mass is 32.2. The number of alkyl halides is 3. The molecule has 2 heterocycles. The molecule has 6 nitrogen and oxygen atoms in total. The summed E-state index contributed by atoms with van der Waals surface area (Å²) in [7, 11) is 0. The number of thioether (sulfide) groups is 1. The number of carbonyl (C=O) groups is 2. The second kappa shape index (κ2) is 9.84. The van der Waals surface area contributed by atoms with Crippen molar-refractivity contribution in [1.82, 2.24) is 10.3 Å². The number of aromatic nitrogens is 1. The summed E-state index contributed by atoms with van der Waals surface area (Å²) in [5, 5.41) is 5.18. The Kier molecular flexibility index (Phi) is 7.20. The molecule has 1 aliphatic rings. The summed E-state index contributed by atoms with van der Waals surface area (Å²) in [6, 6.07) is 9.80. The Labute approximate surface area is 176 Å². The van der Waals surface area contributed by atoms with Gasteiger partial charge in [0.15, 0.2) is 0 Å². The van der Waals surface area contributed by atoms with E-state index in [-0.39, 0.29) is 43.6 Å². The topological polar surface area (TPSA) is 74.3 Å². The van der Waals surface area contributed by atoms with Crippen molar-refractivity contribution < 1.29 is 22.8 Å². The van der Waals surface area contributed by atoms with E-state index in [2.05, 4.69) is 15.6 Å². The number of hydrogen-bond donors (Lipinski definition) is 2. The summed E-state index contributed by atoms with van der Waals surface area (Å²) >= 11 is 1.69. The van der Waals surface area contributed by atoms with Crippen LogP contribution in [0.4, 0.5) is 24.7 Å². The van der Waals surface area contributed by atoms with E-state index >= 15 is 0 Å². The average Bonchev–Trinajstić information content (AvgIpc) is 2.74. The first-order chi connectivity index (χ1) is 14.4. The van der Waals surface area contributed by atoms with Crippen molar-refractivity contribution in [3.05, 3.63) is 48.2 Å². The number of amides is 2. The fourth-order valence-electron chi connectivity index (χ4n) is 3.03. The molecule has 30 heavy (non-hydrogen) atoms. The number of rotatable bonds is 7. The van der Waals surface area contributed by atoms with E-state index in [1.807, 2.05) is 24.3 Å². The normalized spacial score (nSPS) is 13.5. The van der Waals surface area contributed by atoms with Crippen LogP contribution < -0.4 is 15.5 Å². The van der Waals surface area contributed by atoms with Gasteiger partial charge in [-0.25, -0.2) is 4.98 Å². The zero-order valence-electron chi connectivity index (χ0n) is 16.0. The Balaban J connectivity index is 1.42. The number of benzene rings is 1. The minimum Gasteiger partial charge on any atom is -0.368 e. The van der Waals surface area contributed by atoms with E-state index in [9.17, 15) is 22.8 Å². The second-order valence-corrected chi connectivity index (χ2v) is 7.67. The highest BCUT2D eigenvalue weighted by Gasteiger charge is 2.34. The maximum absolute atomic E-state index is 12.9. The van der Waals surface area contributed by atoms with Gasteiger partial charge >= 0.3 is 6.18 Å². The van der Waals surface area contributed by atoms with Gasteiger partial charge in [0.2, 0.25) is 11.8 Å². The van der Waals surface area contributed by atoms with Gasteiger partial charge in [-0.3, -0.25) is 9.59 Å². The predicted octanol–water partition coefficient (Wildman–Crippen LogP) is 3.55. The SMILES string of the molecule is O=C(CCC(=O)N1CCSc2ccccc21)NCCNc1ncccc1C(F)(F)F. The number of halogens is 3. The van der Waals surface area contributed by atoms with Crippen molar-refractivity contribution in [2.75, 3.05) is 35.6 Å². The van der Waals surface area contributed by atoms with Gasteiger partial charge in [-0.15, -0.1) is 11.8 Å². The molecule has 1 aromatic heterocycles. The van der Waals surface area contributed by atoms with Crippen LogP contribution in [0.5, 0.6) is 0 Å². The third-order valence-corrected chi connectivity index (χ3v) is 5.49. The Morgan fingerprint density at radius 2 is 1.90 bits per heavy atom. The number of carbonyl (C=O) groups excluding carboxylic acids is 2. The van der Waals surface area contributed by atoms with E-state index in [4.69, 9.17) is 0 Å². The Morgan fingerprint density at radius 1 is 1.10 bits per heavy atom. The molecule has 0 atom stereocenters. The third-order valence-electron chi connectivity index (χ3n) is 4.45. The molecule has 2 amide bonds. The second-order valence-electron chi connectivity index (χ2n) is 6.54. The first-order valence-electron chi connectivity index (χ1n) is 9.41. The Morgan fingerprint density at radius 3 is 2.70 bits per heavy atom. The number of nitrogens with zero attached hydrogens (tertiary/aromatic N) is 2. The maximum atomic E-state index is 12.9. The van der Waals surface area contributed by atoms with Gasteiger partial charge in [0.05, 0.1) is 11.3 Å². The lowest BCUT2D eigenvalue weighted by molar-refractivity contribution is -0.137. The monoisotopic (exact) mass is 438 g/mol. The van der Waals surface area contributed by atoms with Crippen LogP contribution in [-0.4, -0.2) is 42.2 Å². The van der Waals surface area contributed by atoms with Crippen molar-refractivity contribution in [1.29, 1.82) is 0 Å². The predicted molar refractivity (Wildman–Crippen MR) is 109 cm³/mol. The van der Waals surface area contributed by atoms with Gasteiger partial charge in [0.1, 0.15) is 5.82 Å². The largest absolute Gasteiger partial charge is 0.419 e. The van der Waals surface area contributed by atoms with Gasteiger partial charge in [-0.1, -0.05) is 12.1 Å². The summed E-state index contributed by atoms with van der Waals surface area (Å²) in [4.78, 5) is 31.0. The molecule has 0 saturated carbocycles. The quantitative estimate of drug-likeness (QED) is 0.647. The molecule has 0 bridgehead atoms. The average molecular weight is 438 g/mol. The molecule has 0 aliphatic carbocycles. The fraction of sp³-hybridized carbons (Fsp3) is 0.350. The lowest BCUT2D eigenvalue weighted by Gasteiger charge is -2.29. The molecule has 2 N–H and O–H groups in total. The number of hydrogen-bond acceptors (Lipinski definition) is 5. The lowest BCUT2D eigenvalue weighted by Crippen LogP contribution is -2.36. The summed E-state index contributed by atoms with van der Waals surface area (Å²) in [6.07, 6.45) is -3.16. The van der Waals surface area contributed by atoms with E-state index in [1.165, 1.54) is 12.3 Å². The molecule has 0 unspecified atom stereocenters. The van der Waals surface area contributed by atoms with Gasteiger partial charge in [0, 0.05) is 49.3 Å². The van der Waals surface area contributed by atoms with Crippen LogP contribution in [0.2, 0.25) is 0 Å². The van der Waals surface area contributed by atoms with Crippen LogP contribution in [-0.2, 0) is 15.8 Å². The van der Waals surface area contributed by atoms with Crippen LogP contribution in [0.25, 0.3) is 0 Å². The van der Waals surface area contributed by atoms with Crippen LogP contribution in [0.1, 0.15) is 18.4 Å². The standard InChI is InChI=1S/C20H21F3N4O2S/c21-20(22,23)14-4-3-9-25-19(14)26-11-10-24-17(28)7-8-18(29)27-12-13-30-16-6-2-1-5-15(16)27/h1-6,9H,7-8,10-13H2,(H,24,28)(H,25,26). The maximum Gasteiger partial charge on any atom is 0.419 e. The molecule has 0 radical (unpaired) electrons. The third kappa shape index (κ3) is 5.65. The number of nitrogens with one attached hydrogen (secondary N) is 2. The molecule has 0 saturated heterocycles. The highest BCUT2D eigenvalue weighted by Crippen LogP contribution is 2.35. The zero-order valence-corrected chi connectivity index (χ0v) is 16.9. The zero-order chi connectivity index (χ0) is 21.6. The van der Waals surface area contributed by atoms with Crippen molar-refractivity contribution in [2.45, 2.75) is 23.9 Å². The van der Waals surface area contributed by atoms with Gasteiger partial charge in [0.25, 0.3) is 0 Å². The first-order valence-corrected chi connectivity index (χ1v) is 10.4. The van der Waals surface area contributed by atoms with Crippen LogP contribution in [0.15, 0.2) is 47.5 Å². The van der Waals surface area contributed by atoms with Crippen molar-refractivity contribution >= 4 is 35.1 Å². The van der Waals surface area contributed by atoms with Crippen molar-refractivity contribution in [3.63, 3.8) is 0 Å². The summed E-state index contributed by atoms with van der Waals surface area (Å²) in [5.41, 5.74) is 0.00101. The smallest absolute Gasteiger partial charge is 0.368 e. The minimum atomic E-state index is -4.51. The Bertz CT molecular complexity index is 908. The molecule has 10 heteroatoms. The fourth-order valence-corrected chi connectivity index (χ4v) is 4.02. The molecular formula is C20H21F3N4O2S. The van der Waals surface area contributed by atoms with E-state index < -0.39 is 11.7 Å². The molecule has 160 valence electrons. The highest BCUT2D eigenvalue weighted by molar-refractivity contribution is 7.99. The van der Waals surface area contributed by atoms with E-state index in [1.54, 1.807) is 16.7 Å². The van der Waals surface area contributed by atoms with Crippen molar-refractivity contribution in [2.24, 2.45) is 0 Å². The lowest BCUT2D eigenvalue weighted by atomic mass is 10.2. The summed E-state index contributed by atoms with van der Waals surface area (Å²) in [5.74, 6) is 0.0610. The molecule has 0 spiro atoms. The van der Waals surface area contributed by atoms with Crippen LogP contribution >= 0.6 is 11.8 Å². The van der Waals surface area contributed by atoms with Crippen LogP contribution in [0, 0.1) is 0 Å². The number of anilines is 2. The molecule has 3 rings (SSSR count). The molecule has 1 aromatic carbocycles. The van der Waals surface area contributed by atoms with E-state index in [0.29, 0.717) is 6.54 Å². The van der Waals surface area contributed by atoms with Gasteiger partial charge < -0.3 is 15.5 Å². The Hall–Kier alpha value is -2.75. The van der Waals surface area contributed by atoms with Crippen molar-refractivity contribution in [3.8, 4) is 0 Å². The summed E-state index contributed by atoms with van der Waals surface area (Å²) < 4.78 is 38.8. The van der Waals surface area contributed by atoms with E-state index in [0.717, 1.165) is 22.4 Å². The number of pyridine rings is 1. The summed E-state index contributed by atoms with van der Waals surface area (Å²) in [6.45, 7) is 0.790. The molecule has 1 aliphatic heterocycles. The van der Waals surface area contributed by atoms with Gasteiger partial charge in [-0.2, -0.15) is 13.2 Å². The molecule has 2 aromatic rings. The van der Waals surface area contributed by atoms with Gasteiger partial charge in [-0.05, 0) is 24.3 Å². The molecular weight excluding hydrogens is 417 g/mol. The minimum absolute atomic E-state index is 0.0159. The number of para-hydroxylation sites is 1. The first kappa shape index (κ1) is 21.9. The number of fused-ring (bicyclic) bond motifs is 1. The van der Waals surface area contributed by atoms with Crippen LogP contribution in [0.3, 0.4) is 0 Å². The molecule has 0 fully saturated rings.